The largest absolute Gasteiger partial charge is 0.478 e. The molecule has 0 spiro atoms. The standard InChI is InChI=1S/C7H8N2O2.C3H2F6/c8-5-1-4(7(10)11)2-6(9)3-5;4-1-2(5,6)3(7,8)9/h1-3H,8-9H2,(H,10,11);1H2. The van der Waals surface area contributed by atoms with Crippen molar-refractivity contribution in [3.63, 3.8) is 0 Å². The first-order chi connectivity index (χ1) is 8.90. The molecule has 0 saturated heterocycles. The molecule has 20 heavy (non-hydrogen) atoms. The summed E-state index contributed by atoms with van der Waals surface area (Å²) in [6, 6.07) is 4.23. The number of hydrogen-bond acceptors (Lipinski definition) is 3. The van der Waals surface area contributed by atoms with Crippen LogP contribution in [0.4, 0.5) is 37.7 Å². The molecule has 0 aliphatic rings. The van der Waals surface area contributed by atoms with Gasteiger partial charge in [0.15, 0.2) is 6.67 Å². The summed E-state index contributed by atoms with van der Waals surface area (Å²) in [5, 5.41) is 8.52. The highest BCUT2D eigenvalue weighted by molar-refractivity contribution is 5.90. The Labute approximate surface area is 109 Å². The van der Waals surface area contributed by atoms with Gasteiger partial charge >= 0.3 is 18.1 Å². The van der Waals surface area contributed by atoms with Crippen LogP contribution in [0.15, 0.2) is 18.2 Å². The first-order valence-electron chi connectivity index (χ1n) is 4.80. The molecule has 0 fully saturated rings. The van der Waals surface area contributed by atoms with Gasteiger partial charge in [0, 0.05) is 11.4 Å². The number of carbonyl (C=O) groups is 1. The lowest BCUT2D eigenvalue weighted by Crippen LogP contribution is -2.38. The van der Waals surface area contributed by atoms with E-state index in [-0.39, 0.29) is 5.56 Å². The minimum atomic E-state index is -5.76. The van der Waals surface area contributed by atoms with Crippen molar-refractivity contribution in [1.82, 2.24) is 0 Å². The molecule has 10 heteroatoms. The molecule has 0 aliphatic heterocycles. The lowest BCUT2D eigenvalue weighted by atomic mass is 10.2. The van der Waals surface area contributed by atoms with Crippen LogP contribution < -0.4 is 11.5 Å². The number of carboxylic acid groups (broad SMARTS) is 1. The normalized spacial score (nSPS) is 11.5. The highest BCUT2D eigenvalue weighted by Gasteiger charge is 2.57. The fourth-order valence-electron chi connectivity index (χ4n) is 0.876. The first-order valence-corrected chi connectivity index (χ1v) is 4.80. The minimum absolute atomic E-state index is 0.113. The number of nitrogen functional groups attached to an aromatic ring is 2. The average Bonchev–Trinajstić information content (AvgIpc) is 2.27. The fourth-order valence-corrected chi connectivity index (χ4v) is 0.876. The number of carboxylic acids is 1. The van der Waals surface area contributed by atoms with E-state index in [0.29, 0.717) is 11.4 Å². The Bertz CT molecular complexity index is 455. The Kier molecular flexibility index (Phi) is 5.67. The summed E-state index contributed by atoms with van der Waals surface area (Å²) < 4.78 is 65.6. The summed E-state index contributed by atoms with van der Waals surface area (Å²) >= 11 is 0. The van der Waals surface area contributed by atoms with Crippen molar-refractivity contribution in [1.29, 1.82) is 0 Å². The van der Waals surface area contributed by atoms with Crippen LogP contribution in [0, 0.1) is 0 Å². The molecule has 0 atom stereocenters. The zero-order valence-corrected chi connectivity index (χ0v) is 9.72. The van der Waals surface area contributed by atoms with Gasteiger partial charge in [-0.2, -0.15) is 22.0 Å². The molecule has 0 heterocycles. The van der Waals surface area contributed by atoms with Crippen LogP contribution in [0.5, 0.6) is 0 Å². The topological polar surface area (TPSA) is 89.3 Å². The van der Waals surface area contributed by atoms with Gasteiger partial charge in [-0.3, -0.25) is 0 Å². The monoisotopic (exact) mass is 304 g/mol. The van der Waals surface area contributed by atoms with Gasteiger partial charge in [-0.1, -0.05) is 0 Å². The molecule has 5 N–H and O–H groups in total. The number of benzene rings is 1. The number of hydrogen-bond donors (Lipinski definition) is 3. The van der Waals surface area contributed by atoms with Gasteiger partial charge in [0.2, 0.25) is 0 Å². The van der Waals surface area contributed by atoms with Gasteiger partial charge in [-0.15, -0.1) is 0 Å². The van der Waals surface area contributed by atoms with E-state index >= 15 is 0 Å². The fraction of sp³-hybridized carbons (Fsp3) is 0.300. The van der Waals surface area contributed by atoms with Gasteiger partial charge in [0.1, 0.15) is 0 Å². The Morgan fingerprint density at radius 3 is 1.65 bits per heavy atom. The zero-order valence-electron chi connectivity index (χ0n) is 9.72. The highest BCUT2D eigenvalue weighted by atomic mass is 19.4. The quantitative estimate of drug-likeness (QED) is 0.579. The number of rotatable bonds is 2. The average molecular weight is 304 g/mol. The van der Waals surface area contributed by atoms with Gasteiger partial charge in [-0.05, 0) is 18.2 Å². The van der Waals surface area contributed by atoms with E-state index in [0.717, 1.165) is 0 Å². The lowest BCUT2D eigenvalue weighted by molar-refractivity contribution is -0.286. The maximum absolute atomic E-state index is 11.2. The zero-order chi connectivity index (χ0) is 16.1. The van der Waals surface area contributed by atoms with E-state index < -0.39 is 24.7 Å². The Balaban J connectivity index is 0.000000370. The predicted molar refractivity (Wildman–Crippen MR) is 59.2 cm³/mol. The molecule has 1 rings (SSSR count). The second-order valence-corrected chi connectivity index (χ2v) is 3.53. The van der Waals surface area contributed by atoms with Crippen molar-refractivity contribution < 1.29 is 36.2 Å². The van der Waals surface area contributed by atoms with Crippen molar-refractivity contribution in [2.45, 2.75) is 12.1 Å². The highest BCUT2D eigenvalue weighted by Crippen LogP contribution is 2.35. The number of aromatic carboxylic acids is 1. The number of anilines is 2. The number of halogens is 6. The molecule has 0 radical (unpaired) electrons. The SMILES string of the molecule is FCC(F)(F)C(F)(F)F.Nc1cc(N)cc(C(=O)O)c1. The van der Waals surface area contributed by atoms with Crippen molar-refractivity contribution in [3.8, 4) is 0 Å². The van der Waals surface area contributed by atoms with Gasteiger partial charge < -0.3 is 16.6 Å². The van der Waals surface area contributed by atoms with Crippen molar-refractivity contribution in [3.05, 3.63) is 23.8 Å². The molecule has 4 nitrogen and oxygen atoms in total. The third kappa shape index (κ3) is 5.24. The second-order valence-electron chi connectivity index (χ2n) is 3.53. The van der Waals surface area contributed by atoms with E-state index in [1.165, 1.54) is 18.2 Å². The summed E-state index contributed by atoms with van der Waals surface area (Å²) in [5.74, 6) is -6.21. The predicted octanol–water partition coefficient (Wildman–Crippen LogP) is 2.70. The Hall–Kier alpha value is -2.13. The summed E-state index contributed by atoms with van der Waals surface area (Å²) in [6.07, 6.45) is -5.76. The van der Waals surface area contributed by atoms with Gasteiger partial charge in [-0.25, -0.2) is 9.18 Å². The van der Waals surface area contributed by atoms with Crippen LogP contribution in [-0.2, 0) is 0 Å². The summed E-state index contributed by atoms with van der Waals surface area (Å²) in [7, 11) is 0. The van der Waals surface area contributed by atoms with Crippen LogP contribution in [0.25, 0.3) is 0 Å². The van der Waals surface area contributed by atoms with Crippen LogP contribution in [0.3, 0.4) is 0 Å². The van der Waals surface area contributed by atoms with Crippen LogP contribution in [0.1, 0.15) is 10.4 Å². The third-order valence-corrected chi connectivity index (χ3v) is 1.81. The van der Waals surface area contributed by atoms with Crippen LogP contribution in [0.2, 0.25) is 0 Å². The second kappa shape index (κ2) is 6.35. The molecule has 0 aromatic heterocycles. The van der Waals surface area contributed by atoms with E-state index in [1.807, 2.05) is 0 Å². The molecule has 0 aliphatic carbocycles. The molecular weight excluding hydrogens is 294 g/mol. The Morgan fingerprint density at radius 1 is 1.05 bits per heavy atom. The summed E-state index contributed by atoms with van der Waals surface area (Å²) in [4.78, 5) is 10.4. The summed E-state index contributed by atoms with van der Waals surface area (Å²) in [5.41, 5.74) is 11.5. The maximum atomic E-state index is 11.2. The van der Waals surface area contributed by atoms with Crippen LogP contribution in [-0.4, -0.2) is 29.8 Å². The number of nitrogens with two attached hydrogens (primary N) is 2. The van der Waals surface area contributed by atoms with Gasteiger partial charge in [0.05, 0.1) is 5.56 Å². The Morgan fingerprint density at radius 2 is 1.45 bits per heavy atom. The van der Waals surface area contributed by atoms with Crippen LogP contribution >= 0.6 is 0 Å². The first kappa shape index (κ1) is 17.9. The van der Waals surface area contributed by atoms with E-state index in [1.54, 1.807) is 0 Å². The van der Waals surface area contributed by atoms with Crippen molar-refractivity contribution in [2.24, 2.45) is 0 Å². The van der Waals surface area contributed by atoms with Crippen molar-refractivity contribution >= 4 is 17.3 Å². The smallest absolute Gasteiger partial charge is 0.456 e. The minimum Gasteiger partial charge on any atom is -0.478 e. The molecule has 114 valence electrons. The van der Waals surface area contributed by atoms with Gasteiger partial charge in [0.25, 0.3) is 0 Å². The molecule has 0 bridgehead atoms. The molecule has 1 aromatic carbocycles. The maximum Gasteiger partial charge on any atom is 0.456 e. The van der Waals surface area contributed by atoms with E-state index in [9.17, 15) is 31.1 Å². The third-order valence-electron chi connectivity index (χ3n) is 1.81. The molecule has 1 aromatic rings. The van der Waals surface area contributed by atoms with E-state index in [4.69, 9.17) is 16.6 Å². The molecule has 0 amide bonds. The van der Waals surface area contributed by atoms with Crippen molar-refractivity contribution in [2.75, 3.05) is 18.1 Å². The molecular formula is C10H10F6N2O2. The molecule has 0 unspecified atom stereocenters. The van der Waals surface area contributed by atoms with E-state index in [2.05, 4.69) is 0 Å². The lowest BCUT2D eigenvalue weighted by Gasteiger charge is -2.14. The molecule has 0 saturated carbocycles. The number of alkyl halides is 6. The summed E-state index contributed by atoms with van der Waals surface area (Å²) in [6.45, 7) is -2.70.